The predicted molar refractivity (Wildman–Crippen MR) is 81.5 cm³/mol. The Balaban J connectivity index is 2.66. The molecule has 0 aliphatic rings. The van der Waals surface area contributed by atoms with E-state index < -0.39 is 0 Å². The predicted octanol–water partition coefficient (Wildman–Crippen LogP) is 3.70. The van der Waals surface area contributed by atoms with Crippen molar-refractivity contribution in [2.24, 2.45) is 0 Å². The number of amides is 1. The number of aryl methyl sites for hydroxylation is 1. The van der Waals surface area contributed by atoms with Crippen molar-refractivity contribution in [2.45, 2.75) is 33.1 Å². The number of para-hydroxylation sites is 1. The molecule has 0 aromatic heterocycles. The number of rotatable bonds is 6. The molecule has 0 unspecified atom stereocenters. The molecule has 1 aromatic rings. The standard InChI is InChI=1S/C15H20N2OS/c1-11(2)13-7-4-6-12(3)15(13)17-14(18)10-19-9-5-8-16/h4,6-7,11H,5,9-10H2,1-3H3,(H,17,18). The zero-order chi connectivity index (χ0) is 14.3. The van der Waals surface area contributed by atoms with E-state index >= 15 is 0 Å². The van der Waals surface area contributed by atoms with Crippen LogP contribution in [0.4, 0.5) is 5.69 Å². The lowest BCUT2D eigenvalue weighted by molar-refractivity contribution is -0.113. The Morgan fingerprint density at radius 2 is 2.21 bits per heavy atom. The van der Waals surface area contributed by atoms with Gasteiger partial charge in [0.25, 0.3) is 0 Å². The average Bonchev–Trinajstić information content (AvgIpc) is 2.37. The molecule has 1 aromatic carbocycles. The van der Waals surface area contributed by atoms with Crippen LogP contribution in [0.2, 0.25) is 0 Å². The van der Waals surface area contributed by atoms with Crippen LogP contribution in [0.15, 0.2) is 18.2 Å². The van der Waals surface area contributed by atoms with Gasteiger partial charge in [-0.25, -0.2) is 0 Å². The van der Waals surface area contributed by atoms with Gasteiger partial charge in [0.15, 0.2) is 0 Å². The summed E-state index contributed by atoms with van der Waals surface area (Å²) in [5, 5.41) is 11.4. The molecule has 1 N–H and O–H groups in total. The average molecular weight is 276 g/mol. The highest BCUT2D eigenvalue weighted by molar-refractivity contribution is 7.99. The monoisotopic (exact) mass is 276 g/mol. The summed E-state index contributed by atoms with van der Waals surface area (Å²) in [6.45, 7) is 6.24. The van der Waals surface area contributed by atoms with Gasteiger partial charge in [-0.05, 0) is 24.0 Å². The van der Waals surface area contributed by atoms with Crippen LogP contribution in [0, 0.1) is 18.3 Å². The normalized spacial score (nSPS) is 10.3. The Labute approximate surface area is 119 Å². The Bertz CT molecular complexity index is 478. The van der Waals surface area contributed by atoms with Crippen molar-refractivity contribution < 1.29 is 4.79 Å². The minimum atomic E-state index is -0.000796. The van der Waals surface area contributed by atoms with E-state index in [9.17, 15) is 4.79 Å². The van der Waals surface area contributed by atoms with E-state index in [-0.39, 0.29) is 5.91 Å². The number of nitrogens with zero attached hydrogens (tertiary/aromatic N) is 1. The van der Waals surface area contributed by atoms with Crippen molar-refractivity contribution in [3.63, 3.8) is 0 Å². The summed E-state index contributed by atoms with van der Waals surface area (Å²) in [6.07, 6.45) is 0.486. The minimum absolute atomic E-state index is 0.000796. The second-order valence-electron chi connectivity index (χ2n) is 4.70. The molecule has 0 aliphatic heterocycles. The van der Waals surface area contributed by atoms with Crippen molar-refractivity contribution in [2.75, 3.05) is 16.8 Å². The van der Waals surface area contributed by atoms with Gasteiger partial charge in [0.1, 0.15) is 0 Å². The minimum Gasteiger partial charge on any atom is -0.325 e. The van der Waals surface area contributed by atoms with Gasteiger partial charge in [-0.15, -0.1) is 0 Å². The highest BCUT2D eigenvalue weighted by Crippen LogP contribution is 2.27. The van der Waals surface area contributed by atoms with Gasteiger partial charge in [0.2, 0.25) is 5.91 Å². The molecule has 19 heavy (non-hydrogen) atoms. The van der Waals surface area contributed by atoms with Crippen molar-refractivity contribution in [1.29, 1.82) is 5.26 Å². The van der Waals surface area contributed by atoms with Crippen LogP contribution in [-0.2, 0) is 4.79 Å². The molecule has 0 fully saturated rings. The molecule has 0 aliphatic carbocycles. The lowest BCUT2D eigenvalue weighted by atomic mass is 9.98. The number of carbonyl (C=O) groups excluding carboxylic acids is 1. The molecule has 4 heteroatoms. The van der Waals surface area contributed by atoms with Crippen LogP contribution in [0.3, 0.4) is 0 Å². The lowest BCUT2D eigenvalue weighted by Crippen LogP contribution is -2.16. The fourth-order valence-electron chi connectivity index (χ4n) is 1.80. The highest BCUT2D eigenvalue weighted by Gasteiger charge is 2.11. The van der Waals surface area contributed by atoms with Crippen molar-refractivity contribution >= 4 is 23.4 Å². The molecule has 1 amide bonds. The maximum absolute atomic E-state index is 11.9. The third-order valence-electron chi connectivity index (χ3n) is 2.78. The topological polar surface area (TPSA) is 52.9 Å². The van der Waals surface area contributed by atoms with E-state index in [1.165, 1.54) is 11.8 Å². The van der Waals surface area contributed by atoms with Gasteiger partial charge >= 0.3 is 0 Å². The molecule has 0 heterocycles. The molecule has 0 radical (unpaired) electrons. The number of nitrogens with one attached hydrogen (secondary N) is 1. The van der Waals surface area contributed by atoms with Gasteiger partial charge in [-0.2, -0.15) is 17.0 Å². The van der Waals surface area contributed by atoms with E-state index in [2.05, 4.69) is 31.3 Å². The molecule has 0 spiro atoms. The van der Waals surface area contributed by atoms with Gasteiger partial charge in [-0.1, -0.05) is 32.0 Å². The Hall–Kier alpha value is -1.47. The van der Waals surface area contributed by atoms with Crippen LogP contribution in [0.1, 0.15) is 37.3 Å². The second kappa shape index (κ2) is 7.85. The molecule has 0 bridgehead atoms. The van der Waals surface area contributed by atoms with E-state index in [4.69, 9.17) is 5.26 Å². The summed E-state index contributed by atoms with van der Waals surface area (Å²) >= 11 is 1.49. The molecular formula is C15H20N2OS. The Kier molecular flexibility index (Phi) is 6.44. The zero-order valence-electron chi connectivity index (χ0n) is 11.7. The van der Waals surface area contributed by atoms with Crippen LogP contribution < -0.4 is 5.32 Å². The number of nitriles is 1. The first-order valence-electron chi connectivity index (χ1n) is 6.40. The van der Waals surface area contributed by atoms with Gasteiger partial charge in [-0.3, -0.25) is 4.79 Å². The zero-order valence-corrected chi connectivity index (χ0v) is 12.5. The fourth-order valence-corrected chi connectivity index (χ4v) is 2.44. The molecule has 1 rings (SSSR count). The Morgan fingerprint density at radius 1 is 1.47 bits per heavy atom. The summed E-state index contributed by atoms with van der Waals surface area (Å²) in [4.78, 5) is 11.9. The second-order valence-corrected chi connectivity index (χ2v) is 5.81. The van der Waals surface area contributed by atoms with Gasteiger partial charge in [0.05, 0.1) is 11.8 Å². The number of hydrogen-bond acceptors (Lipinski definition) is 3. The van der Waals surface area contributed by atoms with E-state index in [0.29, 0.717) is 23.8 Å². The van der Waals surface area contributed by atoms with Crippen molar-refractivity contribution in [3.8, 4) is 6.07 Å². The third-order valence-corrected chi connectivity index (χ3v) is 3.74. The van der Waals surface area contributed by atoms with E-state index in [1.54, 1.807) is 0 Å². The van der Waals surface area contributed by atoms with Crippen molar-refractivity contribution in [3.05, 3.63) is 29.3 Å². The molecule has 0 saturated carbocycles. The lowest BCUT2D eigenvalue weighted by Gasteiger charge is -2.16. The first-order valence-corrected chi connectivity index (χ1v) is 7.55. The van der Waals surface area contributed by atoms with E-state index in [1.807, 2.05) is 19.1 Å². The first kappa shape index (κ1) is 15.6. The molecule has 0 saturated heterocycles. The SMILES string of the molecule is Cc1cccc(C(C)C)c1NC(=O)CSCCC#N. The summed E-state index contributed by atoms with van der Waals surface area (Å²) in [5.41, 5.74) is 3.18. The molecule has 0 atom stereocenters. The molecule has 3 nitrogen and oxygen atoms in total. The number of thioether (sulfide) groups is 1. The Morgan fingerprint density at radius 3 is 2.84 bits per heavy atom. The van der Waals surface area contributed by atoms with Crippen LogP contribution in [0.25, 0.3) is 0 Å². The van der Waals surface area contributed by atoms with Crippen molar-refractivity contribution in [1.82, 2.24) is 0 Å². The third kappa shape index (κ3) is 4.96. The van der Waals surface area contributed by atoms with Gasteiger partial charge in [0, 0.05) is 17.9 Å². The molecule has 102 valence electrons. The highest BCUT2D eigenvalue weighted by atomic mass is 32.2. The summed E-state index contributed by atoms with van der Waals surface area (Å²) in [5.74, 6) is 1.48. The largest absolute Gasteiger partial charge is 0.325 e. The fraction of sp³-hybridized carbons (Fsp3) is 0.467. The smallest absolute Gasteiger partial charge is 0.234 e. The van der Waals surface area contributed by atoms with Crippen LogP contribution in [0.5, 0.6) is 0 Å². The van der Waals surface area contributed by atoms with E-state index in [0.717, 1.165) is 16.8 Å². The maximum Gasteiger partial charge on any atom is 0.234 e. The van der Waals surface area contributed by atoms with Gasteiger partial charge < -0.3 is 5.32 Å². The summed E-state index contributed by atoms with van der Waals surface area (Å²) in [7, 11) is 0. The summed E-state index contributed by atoms with van der Waals surface area (Å²) < 4.78 is 0. The van der Waals surface area contributed by atoms with Crippen LogP contribution in [-0.4, -0.2) is 17.4 Å². The maximum atomic E-state index is 11.9. The number of carbonyl (C=O) groups is 1. The number of hydrogen-bond donors (Lipinski definition) is 1. The number of benzene rings is 1. The van der Waals surface area contributed by atoms with Crippen LogP contribution >= 0.6 is 11.8 Å². The molecular weight excluding hydrogens is 256 g/mol. The number of anilines is 1. The summed E-state index contributed by atoms with van der Waals surface area (Å²) in [6, 6.07) is 8.14. The first-order chi connectivity index (χ1) is 9.06. The quantitative estimate of drug-likeness (QED) is 0.806.